The van der Waals surface area contributed by atoms with Crippen LogP contribution in [0.2, 0.25) is 5.02 Å². The zero-order chi connectivity index (χ0) is 24.6. The Morgan fingerprint density at radius 2 is 1.56 bits per heavy atom. The Hall–Kier alpha value is -3.75. The highest BCUT2D eigenvalue weighted by Crippen LogP contribution is 2.34. The van der Waals surface area contributed by atoms with Crippen molar-refractivity contribution in [2.75, 3.05) is 5.75 Å². The molecule has 3 aromatic heterocycles. The Kier molecular flexibility index (Phi) is 7.10. The number of hydrogen-bond acceptors (Lipinski definition) is 5. The van der Waals surface area contributed by atoms with E-state index in [1.54, 1.807) is 49.8 Å². The predicted octanol–water partition coefficient (Wildman–Crippen LogP) is 5.36. The third-order valence-corrected chi connectivity index (χ3v) is 7.88. The average Bonchev–Trinajstić information content (AvgIpc) is 3.19. The highest BCUT2D eigenvalue weighted by molar-refractivity contribution is 7.91. The summed E-state index contributed by atoms with van der Waals surface area (Å²) >= 11 is 6.09. The second kappa shape index (κ2) is 10.1. The molecule has 184 valence electrons. The first-order valence-corrected chi connectivity index (χ1v) is 13.0. The van der Waals surface area contributed by atoms with Gasteiger partial charge in [0.25, 0.3) is 0 Å². The number of benzene rings is 2. The smallest absolute Gasteiger partial charge is 0.265 e. The first-order chi connectivity index (χ1) is 16.9. The largest absolute Gasteiger partial charge is 0.350 e. The van der Waals surface area contributed by atoms with Gasteiger partial charge in [-0.1, -0.05) is 50.2 Å². The monoisotopic (exact) mass is 520 g/mol. The Bertz CT molecular complexity index is 1680. The summed E-state index contributed by atoms with van der Waals surface area (Å²) < 4.78 is 27.1. The van der Waals surface area contributed by atoms with Crippen LogP contribution < -0.4 is 5.69 Å². The zero-order valence-corrected chi connectivity index (χ0v) is 20.4. The van der Waals surface area contributed by atoms with Crippen LogP contribution in [0.15, 0.2) is 95.0 Å². The molecule has 0 saturated heterocycles. The summed E-state index contributed by atoms with van der Waals surface area (Å²) in [5.74, 6) is 0.0337. The molecular weight excluding hydrogens is 496 g/mol. The van der Waals surface area contributed by atoms with Gasteiger partial charge >= 0.3 is 5.69 Å². The molecule has 7 nitrogen and oxygen atoms in total. The van der Waals surface area contributed by atoms with E-state index in [0.717, 1.165) is 27.8 Å². The first-order valence-electron chi connectivity index (χ1n) is 11.0. The van der Waals surface area contributed by atoms with Crippen LogP contribution in [0.1, 0.15) is 19.9 Å². The van der Waals surface area contributed by atoms with E-state index in [1.807, 2.05) is 42.5 Å². The minimum Gasteiger partial charge on any atom is -0.265 e. The first kappa shape index (κ1) is 25.3. The number of aromatic nitrogens is 4. The van der Waals surface area contributed by atoms with Gasteiger partial charge in [-0.05, 0) is 64.7 Å². The van der Waals surface area contributed by atoms with E-state index in [1.165, 1.54) is 9.08 Å². The van der Waals surface area contributed by atoms with Crippen LogP contribution in [-0.2, 0) is 16.4 Å². The molecule has 0 aliphatic carbocycles. The molecule has 3 heterocycles. The number of rotatable bonds is 6. The van der Waals surface area contributed by atoms with Crippen LogP contribution in [0.25, 0.3) is 27.9 Å². The van der Waals surface area contributed by atoms with Crippen LogP contribution in [0.3, 0.4) is 0 Å². The predicted molar refractivity (Wildman–Crippen MR) is 143 cm³/mol. The van der Waals surface area contributed by atoms with E-state index in [2.05, 4.69) is 10.1 Å². The topological polar surface area (TPSA) is 86.3 Å². The maximum absolute atomic E-state index is 13.2. The Labute approximate surface area is 214 Å². The second-order valence-electron chi connectivity index (χ2n) is 8.03. The van der Waals surface area contributed by atoms with E-state index < -0.39 is 9.84 Å². The van der Waals surface area contributed by atoms with Crippen molar-refractivity contribution < 1.29 is 8.42 Å². The summed E-state index contributed by atoms with van der Waals surface area (Å²) in [7, 11) is -3.29. The van der Waals surface area contributed by atoms with Gasteiger partial charge in [0.1, 0.15) is 0 Å². The summed E-state index contributed by atoms with van der Waals surface area (Å²) in [4.78, 5) is 17.6. The van der Waals surface area contributed by atoms with E-state index in [0.29, 0.717) is 10.7 Å². The lowest BCUT2D eigenvalue weighted by molar-refractivity contribution is 0.597. The third-order valence-electron chi connectivity index (χ3n) is 5.87. The Morgan fingerprint density at radius 1 is 0.889 bits per heavy atom. The van der Waals surface area contributed by atoms with Crippen LogP contribution in [0.5, 0.6) is 0 Å². The zero-order valence-electron chi connectivity index (χ0n) is 18.8. The molecule has 0 N–H and O–H groups in total. The molecule has 0 amide bonds. The van der Waals surface area contributed by atoms with Crippen LogP contribution in [-0.4, -0.2) is 33.3 Å². The van der Waals surface area contributed by atoms with Crippen molar-refractivity contribution in [3.05, 3.63) is 106 Å². The molecule has 5 rings (SSSR count). The number of sulfone groups is 1. The molecule has 0 aliphatic rings. The van der Waals surface area contributed by atoms with Crippen LogP contribution in [0, 0.1) is 0 Å². The fourth-order valence-corrected chi connectivity index (χ4v) is 5.01. The lowest BCUT2D eigenvalue weighted by Crippen LogP contribution is -2.21. The number of hydrogen-bond donors (Lipinski definition) is 0. The number of nitrogens with zero attached hydrogens (tertiary/aromatic N) is 4. The molecule has 0 saturated carbocycles. The van der Waals surface area contributed by atoms with E-state index in [4.69, 9.17) is 11.6 Å². The molecule has 0 fully saturated rings. The van der Waals surface area contributed by atoms with Gasteiger partial charge in [-0.25, -0.2) is 22.3 Å². The van der Waals surface area contributed by atoms with Gasteiger partial charge in [0.2, 0.25) is 0 Å². The second-order valence-corrected chi connectivity index (χ2v) is 10.7. The van der Waals surface area contributed by atoms with E-state index >= 15 is 0 Å². The van der Waals surface area contributed by atoms with Crippen molar-refractivity contribution in [1.82, 2.24) is 19.2 Å². The normalized spacial score (nSPS) is 11.4. The highest BCUT2D eigenvalue weighted by Gasteiger charge is 2.18. The number of halogens is 1. The molecular formula is C27H25ClN4O3S. The van der Waals surface area contributed by atoms with E-state index in [-0.39, 0.29) is 30.3 Å². The summed E-state index contributed by atoms with van der Waals surface area (Å²) in [5.41, 5.74) is 4.53. The SMILES string of the molecule is C.CCS(=O)(=O)c1ccc(Cn2nc3c(-c4ccncc4)c(-c4ccc(Cl)cc4)ccn3c2=O)cc1. The average molecular weight is 521 g/mol. The third kappa shape index (κ3) is 4.69. The van der Waals surface area contributed by atoms with Crippen LogP contribution in [0.4, 0.5) is 0 Å². The summed E-state index contributed by atoms with van der Waals surface area (Å²) in [5, 5.41) is 5.31. The maximum atomic E-state index is 13.2. The Balaban J connectivity index is 0.00000304. The lowest BCUT2D eigenvalue weighted by Gasteiger charge is -2.11. The fraction of sp³-hybridized carbons (Fsp3) is 0.148. The molecule has 2 aromatic carbocycles. The van der Waals surface area contributed by atoms with Gasteiger partial charge in [0.15, 0.2) is 15.5 Å². The molecule has 0 radical (unpaired) electrons. The highest BCUT2D eigenvalue weighted by atomic mass is 35.5. The molecule has 0 spiro atoms. The van der Waals surface area contributed by atoms with Crippen molar-refractivity contribution in [3.8, 4) is 22.3 Å². The quantitative estimate of drug-likeness (QED) is 0.301. The van der Waals surface area contributed by atoms with Crippen molar-refractivity contribution in [3.63, 3.8) is 0 Å². The molecule has 5 aromatic rings. The molecule has 0 bridgehead atoms. The standard InChI is InChI=1S/C26H21ClN4O3S.CH4/c1-2-35(33,34)22-9-3-18(4-10-22)17-31-26(32)30-16-13-23(19-5-7-21(27)8-6-19)24(25(30)29-31)20-11-14-28-15-12-20;/h3-16H,2,17H2,1H3;1H4. The van der Waals surface area contributed by atoms with Gasteiger partial charge in [0, 0.05) is 29.2 Å². The molecule has 0 unspecified atom stereocenters. The summed E-state index contributed by atoms with van der Waals surface area (Å²) in [6.45, 7) is 1.82. The van der Waals surface area contributed by atoms with Gasteiger partial charge in [-0.2, -0.15) is 0 Å². The molecule has 9 heteroatoms. The fourth-order valence-electron chi connectivity index (χ4n) is 4.00. The van der Waals surface area contributed by atoms with Crippen molar-refractivity contribution in [2.45, 2.75) is 25.8 Å². The molecule has 36 heavy (non-hydrogen) atoms. The van der Waals surface area contributed by atoms with Gasteiger partial charge < -0.3 is 0 Å². The molecule has 0 atom stereocenters. The van der Waals surface area contributed by atoms with E-state index in [9.17, 15) is 13.2 Å². The van der Waals surface area contributed by atoms with Gasteiger partial charge in [-0.3, -0.25) is 4.98 Å². The Morgan fingerprint density at radius 3 is 2.19 bits per heavy atom. The van der Waals surface area contributed by atoms with Crippen LogP contribution >= 0.6 is 11.6 Å². The lowest BCUT2D eigenvalue weighted by atomic mass is 9.96. The van der Waals surface area contributed by atoms with Crippen molar-refractivity contribution in [1.29, 1.82) is 0 Å². The minimum absolute atomic E-state index is 0. The maximum Gasteiger partial charge on any atom is 0.350 e. The number of fused-ring (bicyclic) bond motifs is 1. The van der Waals surface area contributed by atoms with Gasteiger partial charge in [0.05, 0.1) is 17.2 Å². The molecule has 0 aliphatic heterocycles. The van der Waals surface area contributed by atoms with Crippen molar-refractivity contribution >= 4 is 27.1 Å². The van der Waals surface area contributed by atoms with Crippen molar-refractivity contribution in [2.24, 2.45) is 0 Å². The minimum atomic E-state index is -3.29. The summed E-state index contributed by atoms with van der Waals surface area (Å²) in [6.07, 6.45) is 5.11. The van der Waals surface area contributed by atoms with Gasteiger partial charge in [-0.15, -0.1) is 5.10 Å². The summed E-state index contributed by atoms with van der Waals surface area (Å²) in [6, 6.07) is 19.7. The number of pyridine rings is 2.